The molecule has 4 rings (SSSR count). The van der Waals surface area contributed by atoms with Crippen molar-refractivity contribution >= 4 is 34.9 Å². The average Bonchev–Trinajstić information content (AvgIpc) is 3.03. The minimum Gasteiger partial charge on any atom is -0.384 e. The van der Waals surface area contributed by atoms with E-state index in [2.05, 4.69) is 37.4 Å². The molecule has 0 bridgehead atoms. The highest BCUT2D eigenvalue weighted by atomic mass is 35.5. The van der Waals surface area contributed by atoms with Crippen LogP contribution >= 0.6 is 23.2 Å². The van der Waals surface area contributed by atoms with Crippen LogP contribution in [0.25, 0.3) is 0 Å². The first-order valence-corrected chi connectivity index (χ1v) is 14.5. The van der Waals surface area contributed by atoms with Crippen LogP contribution in [0.3, 0.4) is 0 Å². The van der Waals surface area contributed by atoms with Gasteiger partial charge in [0.05, 0.1) is 6.04 Å². The number of nitrogens with zero attached hydrogens (tertiary/aromatic N) is 1. The summed E-state index contributed by atoms with van der Waals surface area (Å²) in [5.41, 5.74) is 3.87. The fourth-order valence-electron chi connectivity index (χ4n) is 5.74. The summed E-state index contributed by atoms with van der Waals surface area (Å²) in [6.45, 7) is 7.47. The van der Waals surface area contributed by atoms with Crippen LogP contribution in [0.4, 0.5) is 0 Å². The Morgan fingerprint density at radius 2 is 1.72 bits per heavy atom. The minimum atomic E-state index is 0.0670. The van der Waals surface area contributed by atoms with Gasteiger partial charge in [0.15, 0.2) is 0 Å². The molecule has 1 aromatic rings. The van der Waals surface area contributed by atoms with Crippen molar-refractivity contribution in [2.45, 2.75) is 96.9 Å². The molecule has 1 N–H and O–H groups in total. The number of hydrogen-bond donors (Lipinski definition) is 1. The van der Waals surface area contributed by atoms with Gasteiger partial charge in [-0.2, -0.15) is 0 Å². The second kappa shape index (κ2) is 14.2. The Balaban J connectivity index is 0.000000538. The van der Waals surface area contributed by atoms with Gasteiger partial charge in [-0.3, -0.25) is 4.79 Å². The Morgan fingerprint density at radius 3 is 2.36 bits per heavy atom. The molecule has 1 aromatic carbocycles. The highest BCUT2D eigenvalue weighted by molar-refractivity contribution is 6.35. The maximum Gasteiger partial charge on any atom is 0.223 e. The number of nitrogens with one attached hydrogen (secondary N) is 1. The van der Waals surface area contributed by atoms with E-state index in [1.54, 1.807) is 0 Å². The number of allylic oxidation sites excluding steroid dienone is 2. The lowest BCUT2D eigenvalue weighted by Crippen LogP contribution is -2.44. The highest BCUT2D eigenvalue weighted by Gasteiger charge is 2.39. The molecule has 1 aliphatic carbocycles. The van der Waals surface area contributed by atoms with E-state index in [0.29, 0.717) is 23.8 Å². The zero-order chi connectivity index (χ0) is 26.1. The molecule has 198 valence electrons. The van der Waals surface area contributed by atoms with E-state index < -0.39 is 0 Å². The van der Waals surface area contributed by atoms with E-state index in [9.17, 15) is 9.59 Å². The smallest absolute Gasteiger partial charge is 0.223 e. The molecule has 1 saturated heterocycles. The van der Waals surface area contributed by atoms with E-state index in [1.165, 1.54) is 49.3 Å². The van der Waals surface area contributed by atoms with Crippen LogP contribution in [0.2, 0.25) is 10.0 Å². The van der Waals surface area contributed by atoms with E-state index in [-0.39, 0.29) is 23.7 Å². The summed E-state index contributed by atoms with van der Waals surface area (Å²) in [5, 5.41) is 5.04. The average molecular weight is 534 g/mol. The first-order chi connectivity index (χ1) is 17.3. The molecule has 36 heavy (non-hydrogen) atoms. The second-order valence-corrected chi connectivity index (χ2v) is 11.2. The van der Waals surface area contributed by atoms with E-state index in [1.807, 2.05) is 17.2 Å². The maximum absolute atomic E-state index is 12.5. The van der Waals surface area contributed by atoms with Gasteiger partial charge in [0.1, 0.15) is 5.78 Å². The molecule has 0 spiro atoms. The first kappa shape index (κ1) is 28.8. The molecule has 4 nitrogen and oxygen atoms in total. The first-order valence-electron chi connectivity index (χ1n) is 13.7. The normalized spacial score (nSPS) is 21.2. The predicted octanol–water partition coefficient (Wildman–Crippen LogP) is 7.63. The van der Waals surface area contributed by atoms with Crippen molar-refractivity contribution < 1.29 is 9.59 Å². The van der Waals surface area contributed by atoms with Gasteiger partial charge in [-0.15, -0.1) is 0 Å². The van der Waals surface area contributed by atoms with Crippen molar-refractivity contribution in [2.24, 2.45) is 5.92 Å². The molecule has 0 radical (unpaired) electrons. The molecule has 2 unspecified atom stereocenters. The molecule has 2 aliphatic heterocycles. The Morgan fingerprint density at radius 1 is 1.03 bits per heavy atom. The quantitative estimate of drug-likeness (QED) is 0.367. The lowest BCUT2D eigenvalue weighted by Gasteiger charge is -2.41. The van der Waals surface area contributed by atoms with Gasteiger partial charge in [-0.05, 0) is 79.6 Å². The Labute approximate surface area is 227 Å². The number of carbonyl (C=O) groups is 2. The monoisotopic (exact) mass is 532 g/mol. The predicted molar refractivity (Wildman–Crippen MR) is 151 cm³/mol. The van der Waals surface area contributed by atoms with Crippen LogP contribution in [0.5, 0.6) is 0 Å². The van der Waals surface area contributed by atoms with Crippen LogP contribution in [-0.2, 0) is 16.0 Å². The van der Waals surface area contributed by atoms with Crippen LogP contribution in [0, 0.1) is 5.92 Å². The molecule has 6 heteroatoms. The number of piperidine rings is 1. The summed E-state index contributed by atoms with van der Waals surface area (Å²) in [5.74, 6) is 0.828. The Kier molecular flexibility index (Phi) is 11.4. The molecule has 2 heterocycles. The zero-order valence-corrected chi connectivity index (χ0v) is 23.6. The third-order valence-electron chi connectivity index (χ3n) is 7.69. The number of carbonyl (C=O) groups excluding carboxylic acids is 2. The molecule has 1 amide bonds. The summed E-state index contributed by atoms with van der Waals surface area (Å²) in [6.07, 6.45) is 16.3. The number of aryl methyl sites for hydroxylation is 1. The number of benzene rings is 1. The van der Waals surface area contributed by atoms with Crippen LogP contribution in [0.15, 0.2) is 36.1 Å². The minimum absolute atomic E-state index is 0.0670. The SMILES string of the molecule is CC(=O)CCC(=O)N1CCC(C2c3c(Cl)cc(Cl)cc3CCC3=CC=CNC32)CC1.CCCCCC. The molecular weight excluding hydrogens is 491 g/mol. The van der Waals surface area contributed by atoms with E-state index in [0.717, 1.165) is 43.8 Å². The lowest BCUT2D eigenvalue weighted by molar-refractivity contribution is -0.134. The van der Waals surface area contributed by atoms with Crippen molar-refractivity contribution in [3.05, 3.63) is 57.2 Å². The summed E-state index contributed by atoms with van der Waals surface area (Å²) < 4.78 is 0. The Hall–Kier alpha value is -1.78. The molecule has 0 saturated carbocycles. The molecular formula is C30H42Cl2N2O2. The van der Waals surface area contributed by atoms with Crippen molar-refractivity contribution in [1.82, 2.24) is 10.2 Å². The largest absolute Gasteiger partial charge is 0.384 e. The van der Waals surface area contributed by atoms with Gasteiger partial charge in [0.25, 0.3) is 0 Å². The van der Waals surface area contributed by atoms with Crippen LogP contribution in [-0.4, -0.2) is 35.7 Å². The van der Waals surface area contributed by atoms with Gasteiger partial charge in [0.2, 0.25) is 5.91 Å². The van der Waals surface area contributed by atoms with Gasteiger partial charge < -0.3 is 15.0 Å². The van der Waals surface area contributed by atoms with Gasteiger partial charge in [-0.25, -0.2) is 0 Å². The van der Waals surface area contributed by atoms with Crippen LogP contribution < -0.4 is 5.32 Å². The highest BCUT2D eigenvalue weighted by Crippen LogP contribution is 2.46. The third-order valence-corrected chi connectivity index (χ3v) is 8.22. The van der Waals surface area contributed by atoms with Crippen molar-refractivity contribution in [1.29, 1.82) is 0 Å². The number of halogens is 2. The van der Waals surface area contributed by atoms with Gasteiger partial charge in [-0.1, -0.05) is 68.8 Å². The van der Waals surface area contributed by atoms with Crippen molar-refractivity contribution in [2.75, 3.05) is 13.1 Å². The molecule has 2 atom stereocenters. The molecule has 3 aliphatic rings. The van der Waals surface area contributed by atoms with E-state index in [4.69, 9.17) is 23.2 Å². The summed E-state index contributed by atoms with van der Waals surface area (Å²) >= 11 is 13.1. The standard InChI is InChI=1S/C24H28Cl2N2O2.C6H14/c1-15(29)4-7-21(30)28-11-8-16(9-12-28)23-22-18(13-19(25)14-20(22)26)6-5-17-3-2-10-27-24(17)23;1-3-5-6-4-2/h2-3,10,13-14,16,23-24,27H,4-9,11-12H2,1H3;3-6H2,1-2H3. The number of Topliss-reactive ketones (excluding diaryl/α,β-unsaturated/α-hetero) is 1. The number of unbranched alkanes of at least 4 members (excludes halogenated alkanes) is 3. The number of likely N-dealkylation sites (tertiary alicyclic amines) is 1. The van der Waals surface area contributed by atoms with Crippen LogP contribution in [0.1, 0.15) is 95.6 Å². The second-order valence-electron chi connectivity index (χ2n) is 10.4. The summed E-state index contributed by atoms with van der Waals surface area (Å²) in [7, 11) is 0. The Bertz CT molecular complexity index is 960. The number of rotatable bonds is 7. The van der Waals surface area contributed by atoms with Crippen molar-refractivity contribution in [3.8, 4) is 0 Å². The summed E-state index contributed by atoms with van der Waals surface area (Å²) in [6, 6.07) is 4.16. The number of amides is 1. The number of fused-ring (bicyclic) bond motifs is 2. The van der Waals surface area contributed by atoms with E-state index >= 15 is 0 Å². The lowest BCUT2D eigenvalue weighted by atomic mass is 9.73. The van der Waals surface area contributed by atoms with Crippen molar-refractivity contribution in [3.63, 3.8) is 0 Å². The molecule has 1 fully saturated rings. The number of hydrogen-bond acceptors (Lipinski definition) is 3. The fourth-order valence-corrected chi connectivity index (χ4v) is 6.40. The fraction of sp³-hybridized carbons (Fsp3) is 0.600. The third kappa shape index (κ3) is 7.61. The topological polar surface area (TPSA) is 49.4 Å². The zero-order valence-electron chi connectivity index (χ0n) is 22.1. The number of ketones is 1. The van der Waals surface area contributed by atoms with Gasteiger partial charge in [0, 0.05) is 41.9 Å². The van der Waals surface area contributed by atoms with Gasteiger partial charge >= 0.3 is 0 Å². The molecule has 0 aromatic heterocycles. The maximum atomic E-state index is 12.5. The number of dihydropyridines is 1. The summed E-state index contributed by atoms with van der Waals surface area (Å²) in [4.78, 5) is 25.6.